The fraction of sp³-hybridized carbons (Fsp3) is 1.00. The molecule has 0 amide bonds. The van der Waals surface area contributed by atoms with Crippen molar-refractivity contribution in [1.82, 2.24) is 0 Å². The highest BCUT2D eigenvalue weighted by molar-refractivity contribution is 4.96. The highest BCUT2D eigenvalue weighted by Crippen LogP contribution is 2.26. The van der Waals surface area contributed by atoms with Gasteiger partial charge in [-0.05, 0) is 6.92 Å². The van der Waals surface area contributed by atoms with Gasteiger partial charge in [0.15, 0.2) is 6.29 Å². The van der Waals surface area contributed by atoms with Gasteiger partial charge in [0.25, 0.3) is 0 Å². The summed E-state index contributed by atoms with van der Waals surface area (Å²) < 4.78 is 16.3. The van der Waals surface area contributed by atoms with Gasteiger partial charge < -0.3 is 56.3 Å². The lowest BCUT2D eigenvalue weighted by atomic mass is 9.90. The first-order valence-electron chi connectivity index (χ1n) is 8.62. The average molecular weight is 382 g/mol. The summed E-state index contributed by atoms with van der Waals surface area (Å²) in [6, 6.07) is -1.93. The molecule has 11 nitrogen and oxygen atoms in total. The van der Waals surface area contributed by atoms with Gasteiger partial charge in [-0.15, -0.1) is 0 Å². The van der Waals surface area contributed by atoms with Crippen LogP contribution in [0.1, 0.15) is 13.3 Å². The molecule has 2 aliphatic rings. The molecule has 0 aliphatic carbocycles. The molecule has 0 bridgehead atoms. The lowest BCUT2D eigenvalue weighted by Gasteiger charge is -2.44. The molecule has 0 saturated carbocycles. The Bertz CT molecular complexity index is 443. The number of ether oxygens (including phenoxy) is 3. The topological polar surface area (TPSA) is 201 Å². The molecule has 2 heterocycles. The van der Waals surface area contributed by atoms with Crippen molar-refractivity contribution >= 4 is 0 Å². The molecule has 2 saturated heterocycles. The average Bonchev–Trinajstić information content (AvgIpc) is 2.62. The van der Waals surface area contributed by atoms with E-state index < -0.39 is 80.4 Å². The molecule has 0 aromatic heterocycles. The molecule has 2 aliphatic heterocycles. The molecule has 154 valence electrons. The third-order valence-electron chi connectivity index (χ3n) is 4.96. The lowest BCUT2D eigenvalue weighted by Crippen LogP contribution is -2.64. The van der Waals surface area contributed by atoms with Gasteiger partial charge >= 0.3 is 0 Å². The summed E-state index contributed by atoms with van der Waals surface area (Å²) in [5, 5.41) is 58.3. The van der Waals surface area contributed by atoms with Crippen molar-refractivity contribution in [2.24, 2.45) is 11.5 Å². The molecular formula is C15H30N2O9. The maximum Gasteiger partial charge on any atom is 0.173 e. The molecule has 2 unspecified atom stereocenters. The molecule has 0 spiro atoms. The molecule has 0 aromatic carbocycles. The molecule has 2 rings (SSSR count). The van der Waals surface area contributed by atoms with E-state index in [-0.39, 0.29) is 6.42 Å². The Morgan fingerprint density at radius 2 is 1.42 bits per heavy atom. The zero-order valence-corrected chi connectivity index (χ0v) is 14.5. The van der Waals surface area contributed by atoms with Gasteiger partial charge in [-0.3, -0.25) is 0 Å². The van der Waals surface area contributed by atoms with E-state index in [4.69, 9.17) is 25.7 Å². The van der Waals surface area contributed by atoms with Crippen LogP contribution in [0, 0.1) is 0 Å². The summed E-state index contributed by atoms with van der Waals surface area (Å²) in [6.07, 6.45) is -9.34. The predicted octanol–water partition coefficient (Wildman–Crippen LogP) is -4.64. The highest BCUT2D eigenvalue weighted by Gasteiger charge is 2.46. The highest BCUT2D eigenvalue weighted by atomic mass is 16.6. The van der Waals surface area contributed by atoms with E-state index in [1.54, 1.807) is 6.92 Å². The number of aliphatic hydroxyl groups excluding tert-OH is 6. The maximum atomic E-state index is 10.2. The third kappa shape index (κ3) is 4.51. The van der Waals surface area contributed by atoms with Gasteiger partial charge in [0.1, 0.15) is 36.6 Å². The maximum absolute atomic E-state index is 10.2. The minimum Gasteiger partial charge on any atom is -0.394 e. The number of aliphatic hydroxyl groups is 6. The van der Waals surface area contributed by atoms with Crippen molar-refractivity contribution < 1.29 is 44.8 Å². The van der Waals surface area contributed by atoms with E-state index in [0.29, 0.717) is 0 Å². The van der Waals surface area contributed by atoms with Crippen molar-refractivity contribution in [2.45, 2.75) is 80.5 Å². The first-order valence-corrected chi connectivity index (χ1v) is 8.62. The van der Waals surface area contributed by atoms with Gasteiger partial charge in [-0.25, -0.2) is 0 Å². The second kappa shape index (κ2) is 9.17. The number of hydrogen-bond acceptors (Lipinski definition) is 11. The first-order chi connectivity index (χ1) is 12.2. The second-order valence-corrected chi connectivity index (χ2v) is 6.92. The summed E-state index contributed by atoms with van der Waals surface area (Å²) in [5.74, 6) is 0. The van der Waals surface area contributed by atoms with E-state index in [1.807, 2.05) is 0 Å². The van der Waals surface area contributed by atoms with E-state index in [9.17, 15) is 30.6 Å². The van der Waals surface area contributed by atoms with Crippen LogP contribution < -0.4 is 11.5 Å². The molecule has 2 fully saturated rings. The molecular weight excluding hydrogens is 352 g/mol. The van der Waals surface area contributed by atoms with Crippen molar-refractivity contribution in [3.8, 4) is 0 Å². The van der Waals surface area contributed by atoms with E-state index in [1.165, 1.54) is 0 Å². The van der Waals surface area contributed by atoms with Gasteiger partial charge in [0.05, 0.1) is 37.5 Å². The summed E-state index contributed by atoms with van der Waals surface area (Å²) in [7, 11) is 0. The normalized spacial score (nSPS) is 48.3. The summed E-state index contributed by atoms with van der Waals surface area (Å²) in [4.78, 5) is 0. The molecule has 0 aromatic rings. The van der Waals surface area contributed by atoms with Crippen LogP contribution in [0.4, 0.5) is 0 Å². The standard InChI is InChI=1S/C15H30N2O9/c1-5(2-6-9(16)13(22)11(20)7(3-18)25-6)24-14-10(17)15(23)26-8(4-19)12(14)21/h5-15,18-23H,2-4,16-17H2,1H3/t5?,6?,7-,8-,9+,10-,11-,12-,13-,14-,15+/m1/s1. The lowest BCUT2D eigenvalue weighted by molar-refractivity contribution is -0.265. The number of rotatable bonds is 6. The zero-order valence-electron chi connectivity index (χ0n) is 14.5. The largest absolute Gasteiger partial charge is 0.394 e. The molecule has 26 heavy (non-hydrogen) atoms. The smallest absolute Gasteiger partial charge is 0.173 e. The van der Waals surface area contributed by atoms with Crippen molar-refractivity contribution in [3.63, 3.8) is 0 Å². The Morgan fingerprint density at radius 1 is 0.846 bits per heavy atom. The monoisotopic (exact) mass is 382 g/mol. The summed E-state index contributed by atoms with van der Waals surface area (Å²) >= 11 is 0. The van der Waals surface area contributed by atoms with Crippen LogP contribution in [0.2, 0.25) is 0 Å². The second-order valence-electron chi connectivity index (χ2n) is 6.92. The molecule has 10 N–H and O–H groups in total. The van der Waals surface area contributed by atoms with E-state index in [0.717, 1.165) is 0 Å². The van der Waals surface area contributed by atoms with Gasteiger partial charge in [-0.1, -0.05) is 0 Å². The van der Waals surface area contributed by atoms with Crippen LogP contribution >= 0.6 is 0 Å². The predicted molar refractivity (Wildman–Crippen MR) is 86.6 cm³/mol. The van der Waals surface area contributed by atoms with Crippen LogP contribution in [0.15, 0.2) is 0 Å². The van der Waals surface area contributed by atoms with E-state index in [2.05, 4.69) is 0 Å². The molecule has 0 radical (unpaired) electrons. The van der Waals surface area contributed by atoms with Crippen molar-refractivity contribution in [2.75, 3.05) is 13.2 Å². The SMILES string of the molecule is CC(CC1O[C@H](CO)[C@@H](O)[C@H](O)[C@H]1N)O[C@@H]1[C@@H](N)[C@@H](O)O[C@H](CO)[C@H]1O. The zero-order chi connectivity index (χ0) is 19.6. The Kier molecular flexibility index (Phi) is 7.71. The van der Waals surface area contributed by atoms with Crippen LogP contribution in [0.5, 0.6) is 0 Å². The minimum atomic E-state index is -1.41. The van der Waals surface area contributed by atoms with Crippen LogP contribution in [0.25, 0.3) is 0 Å². The Labute approximate surface area is 151 Å². The molecule has 11 atom stereocenters. The third-order valence-corrected chi connectivity index (χ3v) is 4.96. The Hall–Kier alpha value is -0.440. The van der Waals surface area contributed by atoms with Gasteiger partial charge in [0.2, 0.25) is 0 Å². The Morgan fingerprint density at radius 3 is 2.00 bits per heavy atom. The minimum absolute atomic E-state index is 0.179. The quantitative estimate of drug-likeness (QED) is 0.219. The number of hydrogen-bond donors (Lipinski definition) is 8. The summed E-state index contributed by atoms with van der Waals surface area (Å²) in [5.41, 5.74) is 11.7. The van der Waals surface area contributed by atoms with Crippen molar-refractivity contribution in [3.05, 3.63) is 0 Å². The van der Waals surface area contributed by atoms with E-state index >= 15 is 0 Å². The summed E-state index contributed by atoms with van der Waals surface area (Å²) in [6.45, 7) is 0.666. The Balaban J connectivity index is 1.99. The number of nitrogens with two attached hydrogens (primary N) is 2. The van der Waals surface area contributed by atoms with Gasteiger partial charge in [0, 0.05) is 6.42 Å². The van der Waals surface area contributed by atoms with Crippen LogP contribution in [0.3, 0.4) is 0 Å². The van der Waals surface area contributed by atoms with Crippen LogP contribution in [-0.2, 0) is 14.2 Å². The first kappa shape index (κ1) is 21.9. The van der Waals surface area contributed by atoms with Gasteiger partial charge in [-0.2, -0.15) is 0 Å². The fourth-order valence-electron chi connectivity index (χ4n) is 3.35. The fourth-order valence-corrected chi connectivity index (χ4v) is 3.35. The molecule has 11 heteroatoms. The van der Waals surface area contributed by atoms with Crippen molar-refractivity contribution in [1.29, 1.82) is 0 Å². The van der Waals surface area contributed by atoms with Crippen LogP contribution in [-0.4, -0.2) is 111 Å².